The number of thiocarbonyl (C=S) groups is 1. The maximum atomic E-state index is 13.3. The zero-order valence-electron chi connectivity index (χ0n) is 22.4. The number of rotatable bonds is 13. The van der Waals surface area contributed by atoms with E-state index in [9.17, 15) is 4.79 Å². The van der Waals surface area contributed by atoms with Gasteiger partial charge in [0.25, 0.3) is 0 Å². The lowest BCUT2D eigenvalue weighted by molar-refractivity contribution is -0.125. The molecule has 6 nitrogen and oxygen atoms in total. The molecule has 2 aromatic rings. The number of hydrogen-bond donors (Lipinski definition) is 2. The van der Waals surface area contributed by atoms with E-state index in [2.05, 4.69) is 15.5 Å². The highest BCUT2D eigenvalue weighted by Gasteiger charge is 2.32. The highest BCUT2D eigenvalue weighted by atomic mass is 32.2. The molecule has 2 fully saturated rings. The molecule has 0 spiro atoms. The molecule has 38 heavy (non-hydrogen) atoms. The molecule has 8 heteroatoms. The second-order valence-corrected chi connectivity index (χ2v) is 11.7. The first-order valence-electron chi connectivity index (χ1n) is 13.8. The van der Waals surface area contributed by atoms with Gasteiger partial charge < -0.3 is 20.1 Å². The van der Waals surface area contributed by atoms with E-state index in [-0.39, 0.29) is 18.0 Å². The molecule has 1 saturated carbocycles. The van der Waals surface area contributed by atoms with Crippen molar-refractivity contribution >= 4 is 34.9 Å². The number of thioether (sulfide) groups is 1. The van der Waals surface area contributed by atoms with E-state index in [0.717, 1.165) is 54.0 Å². The average molecular weight is 556 g/mol. The van der Waals surface area contributed by atoms with Gasteiger partial charge in [0.2, 0.25) is 5.91 Å². The normalized spacial score (nSPS) is 19.1. The second-order valence-electron chi connectivity index (χ2n) is 10.2. The summed E-state index contributed by atoms with van der Waals surface area (Å²) in [4.78, 5) is 16.3. The molecule has 1 saturated heterocycles. The lowest BCUT2D eigenvalue weighted by Crippen LogP contribution is -2.52. The molecule has 206 valence electrons. The van der Waals surface area contributed by atoms with Crippen molar-refractivity contribution in [2.24, 2.45) is 5.92 Å². The quantitative estimate of drug-likeness (QED) is 0.305. The van der Waals surface area contributed by atoms with Crippen molar-refractivity contribution in [1.82, 2.24) is 15.5 Å². The predicted octanol–water partition coefficient (Wildman–Crippen LogP) is 5.76. The summed E-state index contributed by atoms with van der Waals surface area (Å²) in [6.45, 7) is 2.01. The van der Waals surface area contributed by atoms with Crippen LogP contribution in [0.4, 0.5) is 0 Å². The van der Waals surface area contributed by atoms with Gasteiger partial charge >= 0.3 is 0 Å². The van der Waals surface area contributed by atoms with Gasteiger partial charge in [0.05, 0.1) is 23.7 Å². The molecule has 1 heterocycles. The molecule has 4 rings (SSSR count). The van der Waals surface area contributed by atoms with Crippen LogP contribution in [0.2, 0.25) is 0 Å². The van der Waals surface area contributed by atoms with Gasteiger partial charge in [-0.15, -0.1) is 11.8 Å². The Labute approximate surface area is 237 Å². The fraction of sp³-hybridized carbons (Fsp3) is 0.533. The van der Waals surface area contributed by atoms with Crippen molar-refractivity contribution in [2.45, 2.75) is 63.6 Å². The van der Waals surface area contributed by atoms with Crippen LogP contribution in [0, 0.1) is 5.92 Å². The average Bonchev–Trinajstić information content (AvgIpc) is 3.43. The van der Waals surface area contributed by atoms with Crippen LogP contribution >= 0.6 is 24.0 Å². The molecule has 2 N–H and O–H groups in total. The van der Waals surface area contributed by atoms with Crippen LogP contribution in [-0.4, -0.2) is 59.8 Å². The van der Waals surface area contributed by atoms with E-state index in [4.69, 9.17) is 21.7 Å². The maximum Gasteiger partial charge on any atom is 0.238 e. The Morgan fingerprint density at radius 3 is 2.55 bits per heavy atom. The number of ether oxygens (including phenoxy) is 2. The number of benzene rings is 2. The summed E-state index contributed by atoms with van der Waals surface area (Å²) in [5, 5.41) is 6.75. The lowest BCUT2D eigenvalue weighted by Gasteiger charge is -2.28. The van der Waals surface area contributed by atoms with Crippen molar-refractivity contribution < 1.29 is 14.3 Å². The summed E-state index contributed by atoms with van der Waals surface area (Å²) in [6.07, 6.45) is 8.56. The van der Waals surface area contributed by atoms with Gasteiger partial charge in [0.1, 0.15) is 11.5 Å². The molecule has 2 atom stereocenters. The minimum absolute atomic E-state index is 0.0753. The second kappa shape index (κ2) is 15.5. The number of nitrogens with zero attached hydrogens (tertiary/aromatic N) is 1. The fourth-order valence-electron chi connectivity index (χ4n) is 5.17. The molecule has 0 radical (unpaired) electrons. The van der Waals surface area contributed by atoms with Crippen LogP contribution < -0.4 is 15.4 Å². The highest BCUT2D eigenvalue weighted by molar-refractivity contribution is 7.99. The third-order valence-electron chi connectivity index (χ3n) is 7.45. The summed E-state index contributed by atoms with van der Waals surface area (Å²) < 4.78 is 11.2. The molecule has 1 aliphatic heterocycles. The molecular weight excluding hydrogens is 514 g/mol. The van der Waals surface area contributed by atoms with Gasteiger partial charge in [-0.1, -0.05) is 74.7 Å². The third kappa shape index (κ3) is 8.97. The van der Waals surface area contributed by atoms with Crippen molar-refractivity contribution in [3.05, 3.63) is 60.2 Å². The molecule has 1 amide bonds. The highest BCUT2D eigenvalue weighted by Crippen LogP contribution is 2.28. The number of nitrogens with one attached hydrogen (secondary N) is 2. The van der Waals surface area contributed by atoms with Crippen LogP contribution in [0.3, 0.4) is 0 Å². The Hall–Kier alpha value is -2.13. The number of carbonyl (C=O) groups excluding carboxylic acids is 1. The smallest absolute Gasteiger partial charge is 0.238 e. The number of hydrogen-bond acceptors (Lipinski definition) is 6. The van der Waals surface area contributed by atoms with Gasteiger partial charge in [-0.25, -0.2) is 0 Å². The van der Waals surface area contributed by atoms with Gasteiger partial charge in [-0.05, 0) is 48.6 Å². The number of methoxy groups -OCH3 is 1. The molecule has 0 aromatic heterocycles. The van der Waals surface area contributed by atoms with E-state index >= 15 is 0 Å². The Kier molecular flexibility index (Phi) is 11.7. The zero-order valence-corrected chi connectivity index (χ0v) is 24.0. The predicted molar refractivity (Wildman–Crippen MR) is 160 cm³/mol. The monoisotopic (exact) mass is 555 g/mol. The SMILES string of the molecule is COCCN1CSC[C@H]1C(=O)N[C@H](CCC1CCCCC1)C(=S)NCc1ccc(Oc2ccccc2)cc1. The van der Waals surface area contributed by atoms with Crippen LogP contribution in [0.1, 0.15) is 50.5 Å². The van der Waals surface area contributed by atoms with Crippen LogP contribution in [0.15, 0.2) is 54.6 Å². The zero-order chi connectivity index (χ0) is 26.6. The molecule has 2 aliphatic rings. The molecule has 2 aromatic carbocycles. The topological polar surface area (TPSA) is 62.8 Å². The first kappa shape index (κ1) is 28.9. The van der Waals surface area contributed by atoms with Crippen molar-refractivity contribution in [3.63, 3.8) is 0 Å². The number of amides is 1. The molecule has 1 aliphatic carbocycles. The summed E-state index contributed by atoms with van der Waals surface area (Å²) in [6, 6.07) is 17.5. The summed E-state index contributed by atoms with van der Waals surface area (Å²) in [7, 11) is 1.70. The Balaban J connectivity index is 1.33. The Morgan fingerprint density at radius 1 is 1.08 bits per heavy atom. The van der Waals surface area contributed by atoms with Crippen LogP contribution in [0.5, 0.6) is 11.5 Å². The maximum absolute atomic E-state index is 13.3. The van der Waals surface area contributed by atoms with E-state index in [1.54, 1.807) is 18.9 Å². The number of para-hydroxylation sites is 1. The largest absolute Gasteiger partial charge is 0.457 e. The van der Waals surface area contributed by atoms with Gasteiger partial charge in [-0.3, -0.25) is 9.69 Å². The van der Waals surface area contributed by atoms with E-state index in [0.29, 0.717) is 18.1 Å². The Morgan fingerprint density at radius 2 is 1.82 bits per heavy atom. The number of carbonyl (C=O) groups is 1. The molecule has 0 unspecified atom stereocenters. The molecule has 0 bridgehead atoms. The van der Waals surface area contributed by atoms with E-state index in [1.807, 2.05) is 54.6 Å². The van der Waals surface area contributed by atoms with E-state index in [1.165, 1.54) is 32.1 Å². The van der Waals surface area contributed by atoms with Crippen molar-refractivity contribution in [2.75, 3.05) is 31.9 Å². The van der Waals surface area contributed by atoms with Crippen molar-refractivity contribution in [3.8, 4) is 11.5 Å². The fourth-order valence-corrected chi connectivity index (χ4v) is 6.66. The first-order valence-corrected chi connectivity index (χ1v) is 15.4. The first-order chi connectivity index (χ1) is 18.6. The Bertz CT molecular complexity index is 1000. The van der Waals surface area contributed by atoms with Crippen molar-refractivity contribution in [1.29, 1.82) is 0 Å². The standard InChI is InChI=1S/C30H41N3O3S2/c1-35-19-18-33-22-38-21-28(33)29(34)32-27(17-14-23-8-4-2-5-9-23)30(37)31-20-24-12-15-26(16-13-24)36-25-10-6-3-7-11-25/h3,6-7,10-13,15-16,23,27-28H,2,4-5,8-9,14,17-22H2,1H3,(H,31,37)(H,32,34)/t27-,28+/m1/s1. The molecular formula is C30H41N3O3S2. The summed E-state index contributed by atoms with van der Waals surface area (Å²) >= 11 is 7.66. The minimum atomic E-state index is -0.157. The van der Waals surface area contributed by atoms with Crippen LogP contribution in [0.25, 0.3) is 0 Å². The third-order valence-corrected chi connectivity index (χ3v) is 8.94. The van der Waals surface area contributed by atoms with Gasteiger partial charge in [0, 0.05) is 31.8 Å². The van der Waals surface area contributed by atoms with Gasteiger partial charge in [0.15, 0.2) is 0 Å². The van der Waals surface area contributed by atoms with E-state index < -0.39 is 0 Å². The minimum Gasteiger partial charge on any atom is -0.457 e. The van der Waals surface area contributed by atoms with Crippen LogP contribution in [-0.2, 0) is 16.1 Å². The lowest BCUT2D eigenvalue weighted by atomic mass is 9.85. The summed E-state index contributed by atoms with van der Waals surface area (Å²) in [5.41, 5.74) is 1.11. The summed E-state index contributed by atoms with van der Waals surface area (Å²) in [5.74, 6) is 4.10. The van der Waals surface area contributed by atoms with Gasteiger partial charge in [-0.2, -0.15) is 0 Å².